The van der Waals surface area contributed by atoms with E-state index in [2.05, 4.69) is 0 Å². The van der Waals surface area contributed by atoms with Crippen molar-refractivity contribution < 1.29 is 23.1 Å². The van der Waals surface area contributed by atoms with Crippen molar-refractivity contribution in [3.8, 4) is 0 Å². The molecule has 132 valence electrons. The average Bonchev–Trinajstić information content (AvgIpc) is 2.44. The zero-order valence-corrected chi connectivity index (χ0v) is 14.6. The van der Waals surface area contributed by atoms with Crippen molar-refractivity contribution in [3.05, 3.63) is 35.4 Å². The summed E-state index contributed by atoms with van der Waals surface area (Å²) in [5.41, 5.74) is -1.34. The largest absolute Gasteiger partial charge is 0.443 e. The second kappa shape index (κ2) is 6.15. The maximum absolute atomic E-state index is 14.9. The van der Waals surface area contributed by atoms with E-state index in [1.165, 1.54) is 6.92 Å². The Hall–Kier alpha value is -1.98. The van der Waals surface area contributed by atoms with Crippen LogP contribution in [0.15, 0.2) is 24.3 Å². The van der Waals surface area contributed by atoms with Crippen molar-refractivity contribution in [1.29, 1.82) is 0 Å². The van der Waals surface area contributed by atoms with Crippen LogP contribution in [0, 0.1) is 6.92 Å². The number of imide groups is 1. The van der Waals surface area contributed by atoms with Gasteiger partial charge in [0.1, 0.15) is 17.3 Å². The number of benzene rings is 1. The van der Waals surface area contributed by atoms with Gasteiger partial charge < -0.3 is 4.74 Å². The van der Waals surface area contributed by atoms with Gasteiger partial charge in [0.2, 0.25) is 0 Å². The van der Waals surface area contributed by atoms with Crippen LogP contribution >= 0.6 is 0 Å². The summed E-state index contributed by atoms with van der Waals surface area (Å²) in [5.74, 6) is -1.07. The SMILES string of the molecule is Cc1ccccc1[C@]1(C)[C@@H](F)CC(F)C(=O)N1C(=O)OC(C)(C)C. The predicted octanol–water partition coefficient (Wildman–Crippen LogP) is 4.05. The highest BCUT2D eigenvalue weighted by Gasteiger charge is 2.56. The lowest BCUT2D eigenvalue weighted by molar-refractivity contribution is -0.153. The molecule has 6 heteroatoms. The van der Waals surface area contributed by atoms with Gasteiger partial charge >= 0.3 is 6.09 Å². The smallest absolute Gasteiger partial charge is 0.418 e. The number of hydrogen-bond donors (Lipinski definition) is 0. The Labute approximate surface area is 140 Å². The maximum Gasteiger partial charge on any atom is 0.418 e. The van der Waals surface area contributed by atoms with Crippen molar-refractivity contribution in [3.63, 3.8) is 0 Å². The van der Waals surface area contributed by atoms with Crippen LogP contribution in [-0.2, 0) is 15.1 Å². The van der Waals surface area contributed by atoms with Gasteiger partial charge in [0.05, 0.1) is 0 Å². The fourth-order valence-corrected chi connectivity index (χ4v) is 3.04. The molecule has 0 aliphatic carbocycles. The van der Waals surface area contributed by atoms with Gasteiger partial charge in [0, 0.05) is 6.42 Å². The van der Waals surface area contributed by atoms with E-state index in [9.17, 15) is 18.4 Å². The lowest BCUT2D eigenvalue weighted by Gasteiger charge is -2.47. The minimum Gasteiger partial charge on any atom is -0.443 e. The Morgan fingerprint density at radius 2 is 1.88 bits per heavy atom. The number of rotatable bonds is 1. The number of likely N-dealkylation sites (tertiary alicyclic amines) is 1. The van der Waals surface area contributed by atoms with Crippen molar-refractivity contribution >= 4 is 12.0 Å². The van der Waals surface area contributed by atoms with Gasteiger partial charge in [0.25, 0.3) is 5.91 Å². The molecule has 0 radical (unpaired) electrons. The number of aryl methyl sites for hydroxylation is 1. The fourth-order valence-electron chi connectivity index (χ4n) is 3.04. The lowest BCUT2D eigenvalue weighted by atomic mass is 9.78. The Bertz CT molecular complexity index is 656. The van der Waals surface area contributed by atoms with Crippen LogP contribution in [0.3, 0.4) is 0 Å². The third-order valence-electron chi connectivity index (χ3n) is 4.24. The highest BCUT2D eigenvalue weighted by atomic mass is 19.1. The first-order valence-corrected chi connectivity index (χ1v) is 7.89. The molecular weight excluding hydrogens is 316 g/mol. The molecule has 0 N–H and O–H groups in total. The predicted molar refractivity (Wildman–Crippen MR) is 86.0 cm³/mol. The van der Waals surface area contributed by atoms with Gasteiger partial charge in [-0.25, -0.2) is 18.5 Å². The van der Waals surface area contributed by atoms with E-state index in [1.807, 2.05) is 0 Å². The second-order valence-electron chi connectivity index (χ2n) is 7.29. The van der Waals surface area contributed by atoms with E-state index in [4.69, 9.17) is 4.74 Å². The second-order valence-corrected chi connectivity index (χ2v) is 7.29. The Balaban J connectivity index is 2.57. The van der Waals surface area contributed by atoms with Crippen LogP contribution in [0.25, 0.3) is 0 Å². The van der Waals surface area contributed by atoms with Gasteiger partial charge in [-0.3, -0.25) is 4.79 Å². The summed E-state index contributed by atoms with van der Waals surface area (Å²) in [5, 5.41) is 0. The summed E-state index contributed by atoms with van der Waals surface area (Å²) >= 11 is 0. The summed E-state index contributed by atoms with van der Waals surface area (Å²) in [4.78, 5) is 25.6. The van der Waals surface area contributed by atoms with E-state index in [-0.39, 0.29) is 0 Å². The third kappa shape index (κ3) is 3.14. The third-order valence-corrected chi connectivity index (χ3v) is 4.24. The summed E-state index contributed by atoms with van der Waals surface area (Å²) < 4.78 is 34.1. The van der Waals surface area contributed by atoms with Crippen LogP contribution < -0.4 is 0 Å². The first-order chi connectivity index (χ1) is 11.0. The fraction of sp³-hybridized carbons (Fsp3) is 0.556. The first-order valence-electron chi connectivity index (χ1n) is 7.89. The highest BCUT2D eigenvalue weighted by molar-refractivity contribution is 5.96. The van der Waals surface area contributed by atoms with Crippen LogP contribution in [0.1, 0.15) is 45.2 Å². The Kier molecular flexibility index (Phi) is 4.70. The number of alkyl halides is 2. The van der Waals surface area contributed by atoms with Gasteiger partial charge in [-0.05, 0) is 45.7 Å². The zero-order chi connectivity index (χ0) is 18.3. The molecule has 1 heterocycles. The van der Waals surface area contributed by atoms with E-state index in [0.29, 0.717) is 16.0 Å². The molecule has 0 saturated carbocycles. The maximum atomic E-state index is 14.9. The molecule has 1 aliphatic heterocycles. The number of carbonyl (C=O) groups excluding carboxylic acids is 2. The lowest BCUT2D eigenvalue weighted by Crippen LogP contribution is -2.63. The van der Waals surface area contributed by atoms with Crippen LogP contribution in [0.4, 0.5) is 13.6 Å². The molecule has 1 aromatic rings. The summed E-state index contributed by atoms with van der Waals surface area (Å²) in [6.07, 6.45) is -5.42. The van der Waals surface area contributed by atoms with E-state index < -0.39 is 41.9 Å². The minimum absolute atomic E-state index is 0.462. The normalized spacial score (nSPS) is 28.0. The Morgan fingerprint density at radius 1 is 1.29 bits per heavy atom. The van der Waals surface area contributed by atoms with Gasteiger partial charge in [-0.1, -0.05) is 24.3 Å². The van der Waals surface area contributed by atoms with Crippen molar-refractivity contribution in [2.45, 2.75) is 64.5 Å². The van der Waals surface area contributed by atoms with Gasteiger partial charge in [0.15, 0.2) is 6.17 Å². The van der Waals surface area contributed by atoms with Gasteiger partial charge in [-0.15, -0.1) is 0 Å². The topological polar surface area (TPSA) is 46.6 Å². The van der Waals surface area contributed by atoms with Crippen molar-refractivity contribution in [2.24, 2.45) is 0 Å². The number of ether oxygens (including phenoxy) is 1. The van der Waals surface area contributed by atoms with E-state index in [1.54, 1.807) is 52.0 Å². The number of carbonyl (C=O) groups is 2. The average molecular weight is 339 g/mol. The molecule has 2 rings (SSSR count). The number of nitrogens with zero attached hydrogens (tertiary/aromatic N) is 1. The number of hydrogen-bond acceptors (Lipinski definition) is 3. The molecule has 1 unspecified atom stereocenters. The monoisotopic (exact) mass is 339 g/mol. The molecule has 24 heavy (non-hydrogen) atoms. The van der Waals surface area contributed by atoms with Crippen LogP contribution in [-0.4, -0.2) is 34.8 Å². The first kappa shape index (κ1) is 18.4. The molecule has 0 bridgehead atoms. The molecule has 1 fully saturated rings. The Morgan fingerprint density at radius 3 is 2.42 bits per heavy atom. The number of halogens is 2. The van der Waals surface area contributed by atoms with Crippen LogP contribution in [0.2, 0.25) is 0 Å². The molecule has 1 aliphatic rings. The molecule has 1 saturated heterocycles. The molecule has 4 nitrogen and oxygen atoms in total. The summed E-state index contributed by atoms with van der Waals surface area (Å²) in [6, 6.07) is 6.87. The summed E-state index contributed by atoms with van der Waals surface area (Å²) in [6.45, 7) is 8.08. The van der Waals surface area contributed by atoms with Crippen molar-refractivity contribution in [2.75, 3.05) is 0 Å². The number of piperidine rings is 1. The van der Waals surface area contributed by atoms with Gasteiger partial charge in [-0.2, -0.15) is 0 Å². The zero-order valence-electron chi connectivity index (χ0n) is 14.6. The molecular formula is C18H23F2NO3. The highest BCUT2D eigenvalue weighted by Crippen LogP contribution is 2.42. The molecule has 1 aromatic carbocycles. The van der Waals surface area contributed by atoms with E-state index >= 15 is 0 Å². The standard InChI is InChI=1S/C18H23F2NO3/c1-11-8-6-7-9-12(11)18(5)14(20)10-13(19)15(22)21(18)16(23)24-17(2,3)4/h6-9,13-14H,10H2,1-5H3/t13?,14-,18+/m0/s1. The van der Waals surface area contributed by atoms with E-state index in [0.717, 1.165) is 0 Å². The molecule has 0 spiro atoms. The molecule has 0 aromatic heterocycles. The minimum atomic E-state index is -2.07. The molecule has 3 atom stereocenters. The number of amides is 2. The quantitative estimate of drug-likeness (QED) is 0.775. The van der Waals surface area contributed by atoms with Crippen molar-refractivity contribution in [1.82, 2.24) is 4.90 Å². The summed E-state index contributed by atoms with van der Waals surface area (Å²) in [7, 11) is 0. The van der Waals surface area contributed by atoms with Crippen LogP contribution in [0.5, 0.6) is 0 Å². The molecule has 2 amide bonds.